The molecule has 96 valence electrons. The molecule has 0 radical (unpaired) electrons. The number of rotatable bonds is 4. The second kappa shape index (κ2) is 7.29. The van der Waals surface area contributed by atoms with Crippen molar-refractivity contribution >= 4 is 34.3 Å². The SMILES string of the molecule is C=CC(/C=C/C)SC(=O)N(C)c1ccc(Cl)cc1. The zero-order valence-corrected chi connectivity index (χ0v) is 12.0. The van der Waals surface area contributed by atoms with Crippen LogP contribution < -0.4 is 4.90 Å². The first-order valence-corrected chi connectivity index (χ1v) is 6.79. The van der Waals surface area contributed by atoms with Crippen LogP contribution in [0.2, 0.25) is 5.02 Å². The molecule has 0 N–H and O–H groups in total. The Bertz CT molecular complexity index is 442. The Morgan fingerprint density at radius 2 is 2.06 bits per heavy atom. The highest BCUT2D eigenvalue weighted by Crippen LogP contribution is 2.23. The Morgan fingerprint density at radius 1 is 1.44 bits per heavy atom. The number of carbonyl (C=O) groups is 1. The van der Waals surface area contributed by atoms with Crippen molar-refractivity contribution in [3.8, 4) is 0 Å². The van der Waals surface area contributed by atoms with E-state index in [1.807, 2.05) is 31.2 Å². The Morgan fingerprint density at radius 3 is 2.56 bits per heavy atom. The predicted molar refractivity (Wildman–Crippen MR) is 81.6 cm³/mol. The number of amides is 1. The van der Waals surface area contributed by atoms with Crippen molar-refractivity contribution < 1.29 is 4.79 Å². The lowest BCUT2D eigenvalue weighted by Gasteiger charge is -2.18. The maximum atomic E-state index is 12.0. The topological polar surface area (TPSA) is 20.3 Å². The monoisotopic (exact) mass is 281 g/mol. The minimum absolute atomic E-state index is 0.00255. The maximum Gasteiger partial charge on any atom is 0.286 e. The summed E-state index contributed by atoms with van der Waals surface area (Å²) in [7, 11) is 1.74. The van der Waals surface area contributed by atoms with Crippen molar-refractivity contribution in [3.63, 3.8) is 0 Å². The van der Waals surface area contributed by atoms with Gasteiger partial charge in [0.1, 0.15) is 0 Å². The third-order valence-electron chi connectivity index (χ3n) is 2.34. The summed E-state index contributed by atoms with van der Waals surface area (Å²) in [6.45, 7) is 5.64. The number of nitrogens with zero attached hydrogens (tertiary/aromatic N) is 1. The van der Waals surface area contributed by atoms with Crippen LogP contribution in [-0.4, -0.2) is 17.5 Å². The van der Waals surface area contributed by atoms with Gasteiger partial charge in [-0.15, -0.1) is 6.58 Å². The van der Waals surface area contributed by atoms with E-state index in [0.717, 1.165) is 5.69 Å². The van der Waals surface area contributed by atoms with Crippen molar-refractivity contribution in [1.29, 1.82) is 0 Å². The molecule has 0 saturated heterocycles. The lowest BCUT2D eigenvalue weighted by atomic mass is 10.3. The molecule has 0 spiro atoms. The van der Waals surface area contributed by atoms with Gasteiger partial charge in [0.05, 0.1) is 0 Å². The zero-order valence-electron chi connectivity index (χ0n) is 10.5. The largest absolute Gasteiger partial charge is 0.306 e. The first-order chi connectivity index (χ1) is 8.58. The van der Waals surface area contributed by atoms with E-state index in [4.69, 9.17) is 11.6 Å². The molecule has 1 aromatic rings. The van der Waals surface area contributed by atoms with Crippen molar-refractivity contribution in [2.45, 2.75) is 12.2 Å². The Labute approximate surface area is 117 Å². The van der Waals surface area contributed by atoms with Gasteiger partial charge in [-0.3, -0.25) is 4.79 Å². The van der Waals surface area contributed by atoms with E-state index >= 15 is 0 Å². The zero-order chi connectivity index (χ0) is 13.5. The summed E-state index contributed by atoms with van der Waals surface area (Å²) in [4.78, 5) is 13.6. The number of halogens is 1. The molecular formula is C14H16ClNOS. The van der Waals surface area contributed by atoms with Gasteiger partial charge in [-0.25, -0.2) is 0 Å². The number of thioether (sulfide) groups is 1. The fourth-order valence-electron chi connectivity index (χ4n) is 1.32. The molecule has 1 unspecified atom stereocenters. The molecule has 4 heteroatoms. The number of benzene rings is 1. The van der Waals surface area contributed by atoms with Crippen LogP contribution in [0.4, 0.5) is 10.5 Å². The molecule has 0 heterocycles. The van der Waals surface area contributed by atoms with Crippen LogP contribution in [0.1, 0.15) is 6.92 Å². The summed E-state index contributed by atoms with van der Waals surface area (Å²) >= 11 is 7.04. The first kappa shape index (κ1) is 14.9. The normalized spacial score (nSPS) is 12.4. The summed E-state index contributed by atoms with van der Waals surface area (Å²) in [5, 5.41) is 0.628. The summed E-state index contributed by atoms with van der Waals surface area (Å²) in [6.07, 6.45) is 5.60. The van der Waals surface area contributed by atoms with E-state index in [-0.39, 0.29) is 10.5 Å². The third-order valence-corrected chi connectivity index (χ3v) is 3.69. The first-order valence-electron chi connectivity index (χ1n) is 5.53. The quantitative estimate of drug-likeness (QED) is 0.742. The van der Waals surface area contributed by atoms with Gasteiger partial charge in [-0.05, 0) is 31.2 Å². The van der Waals surface area contributed by atoms with Crippen LogP contribution in [0.5, 0.6) is 0 Å². The number of allylic oxidation sites excluding steroid dienone is 1. The third kappa shape index (κ3) is 4.24. The molecule has 0 aliphatic heterocycles. The minimum atomic E-state index is -0.0275. The van der Waals surface area contributed by atoms with E-state index in [1.165, 1.54) is 11.8 Å². The Kier molecular flexibility index (Phi) is 6.02. The molecule has 2 nitrogen and oxygen atoms in total. The van der Waals surface area contributed by atoms with E-state index in [1.54, 1.807) is 30.2 Å². The fraction of sp³-hybridized carbons (Fsp3) is 0.214. The molecule has 1 amide bonds. The van der Waals surface area contributed by atoms with Gasteiger partial charge in [0, 0.05) is 23.0 Å². The van der Waals surface area contributed by atoms with Crippen LogP contribution in [0.15, 0.2) is 49.1 Å². The van der Waals surface area contributed by atoms with Gasteiger partial charge >= 0.3 is 0 Å². The van der Waals surface area contributed by atoms with E-state index in [0.29, 0.717) is 5.02 Å². The second-order valence-electron chi connectivity index (χ2n) is 3.65. The van der Waals surface area contributed by atoms with Crippen molar-refractivity contribution in [3.05, 3.63) is 54.1 Å². The highest BCUT2D eigenvalue weighted by molar-refractivity contribution is 8.14. The lowest BCUT2D eigenvalue weighted by molar-refractivity contribution is 0.266. The number of carbonyl (C=O) groups excluding carboxylic acids is 1. The van der Waals surface area contributed by atoms with Gasteiger partial charge in [0.15, 0.2) is 0 Å². The lowest BCUT2D eigenvalue weighted by Crippen LogP contribution is -2.23. The molecule has 1 rings (SSSR count). The molecule has 1 aromatic carbocycles. The van der Waals surface area contributed by atoms with Gasteiger partial charge < -0.3 is 4.90 Å². The number of hydrogen-bond donors (Lipinski definition) is 0. The van der Waals surface area contributed by atoms with Crippen LogP contribution in [0, 0.1) is 0 Å². The second-order valence-corrected chi connectivity index (χ2v) is 5.21. The highest BCUT2D eigenvalue weighted by atomic mass is 35.5. The number of anilines is 1. The van der Waals surface area contributed by atoms with Gasteiger partial charge in [0.2, 0.25) is 0 Å². The smallest absolute Gasteiger partial charge is 0.286 e. The average Bonchev–Trinajstić information content (AvgIpc) is 2.38. The van der Waals surface area contributed by atoms with Gasteiger partial charge in [-0.1, -0.05) is 41.6 Å². The van der Waals surface area contributed by atoms with Gasteiger partial charge in [0.25, 0.3) is 5.24 Å². The molecule has 0 aromatic heterocycles. The van der Waals surface area contributed by atoms with Crippen LogP contribution >= 0.6 is 23.4 Å². The van der Waals surface area contributed by atoms with Crippen molar-refractivity contribution in [2.75, 3.05) is 11.9 Å². The standard InChI is InChI=1S/C14H16ClNOS/c1-4-6-13(5-2)18-14(17)16(3)12-9-7-11(15)8-10-12/h4-10,13H,2H2,1,3H3/b6-4+. The van der Waals surface area contributed by atoms with Crippen LogP contribution in [0.3, 0.4) is 0 Å². The summed E-state index contributed by atoms with van der Waals surface area (Å²) in [6, 6.07) is 7.17. The summed E-state index contributed by atoms with van der Waals surface area (Å²) < 4.78 is 0. The number of hydrogen-bond acceptors (Lipinski definition) is 2. The molecule has 0 aliphatic carbocycles. The molecule has 18 heavy (non-hydrogen) atoms. The van der Waals surface area contributed by atoms with E-state index < -0.39 is 0 Å². The average molecular weight is 282 g/mol. The van der Waals surface area contributed by atoms with Crippen LogP contribution in [-0.2, 0) is 0 Å². The predicted octanol–water partition coefficient (Wildman–Crippen LogP) is 4.76. The summed E-state index contributed by atoms with van der Waals surface area (Å²) in [5.74, 6) is 0. The van der Waals surface area contributed by atoms with Crippen molar-refractivity contribution in [1.82, 2.24) is 0 Å². The van der Waals surface area contributed by atoms with Gasteiger partial charge in [-0.2, -0.15) is 0 Å². The molecule has 1 atom stereocenters. The molecule has 0 saturated carbocycles. The Balaban J connectivity index is 2.71. The maximum absolute atomic E-state index is 12.0. The minimum Gasteiger partial charge on any atom is -0.306 e. The summed E-state index contributed by atoms with van der Waals surface area (Å²) in [5.41, 5.74) is 0.820. The molecule has 0 bridgehead atoms. The molecule has 0 fully saturated rings. The van der Waals surface area contributed by atoms with Crippen molar-refractivity contribution in [2.24, 2.45) is 0 Å². The van der Waals surface area contributed by atoms with E-state index in [2.05, 4.69) is 6.58 Å². The van der Waals surface area contributed by atoms with E-state index in [9.17, 15) is 4.79 Å². The molecule has 0 aliphatic rings. The highest BCUT2D eigenvalue weighted by Gasteiger charge is 2.14. The Hall–Kier alpha value is -1.19. The molecular weight excluding hydrogens is 266 g/mol. The van der Waals surface area contributed by atoms with Crippen LogP contribution in [0.25, 0.3) is 0 Å². The fourth-order valence-corrected chi connectivity index (χ4v) is 2.28.